The number of aromatic carboxylic acids is 2. The molecule has 0 aromatic heterocycles. The minimum atomic E-state index is -1.20. The molecule has 8 rings (SSSR count). The number of fused-ring (bicyclic) bond motifs is 2. The van der Waals surface area contributed by atoms with Crippen LogP contribution in [0.1, 0.15) is 173 Å². The Balaban J connectivity index is 0.732. The Morgan fingerprint density at radius 3 is 1.24 bits per heavy atom. The van der Waals surface area contributed by atoms with Crippen LogP contribution in [0.5, 0.6) is 0 Å². The molecule has 0 saturated carbocycles. The summed E-state index contributed by atoms with van der Waals surface area (Å²) in [6.45, 7) is 7.09. The molecule has 0 fully saturated rings. The number of ether oxygens (including phenoxy) is 6. The van der Waals surface area contributed by atoms with Crippen molar-refractivity contribution < 1.29 is 86.6 Å². The number of rotatable bonds is 24. The molecule has 2 aliphatic heterocycles. The maximum atomic E-state index is 13.5. The Hall–Kier alpha value is -9.98. The number of hydrogen-bond acceptors (Lipinski definition) is 16. The first kappa shape index (κ1) is 59.1. The third-order valence-corrected chi connectivity index (χ3v) is 14.4. The fourth-order valence-corrected chi connectivity index (χ4v) is 8.99. The maximum Gasteiger partial charge on any atom is 0.338 e. The van der Waals surface area contributed by atoms with E-state index in [1.807, 2.05) is 24.3 Å². The highest BCUT2D eigenvalue weighted by Crippen LogP contribution is 2.30. The monoisotopic (exact) mass is 1130 g/mol. The summed E-state index contributed by atoms with van der Waals surface area (Å²) in [7, 11) is 0. The molecule has 0 radical (unpaired) electrons. The van der Waals surface area contributed by atoms with Crippen molar-refractivity contribution >= 4 is 59.6 Å². The topological polar surface area (TPSA) is 273 Å². The number of esters is 6. The predicted molar refractivity (Wildman–Crippen MR) is 294 cm³/mol. The van der Waals surface area contributed by atoms with Crippen LogP contribution in [-0.4, -0.2) is 117 Å². The fraction of sp³-hybridized carbons (Fsp3) is 0.270. The van der Waals surface area contributed by atoms with E-state index in [2.05, 4.69) is 0 Å². The van der Waals surface area contributed by atoms with Gasteiger partial charge in [0.05, 0.1) is 51.1 Å². The van der Waals surface area contributed by atoms with E-state index in [9.17, 15) is 53.1 Å². The molecule has 2 atom stereocenters. The molecule has 83 heavy (non-hydrogen) atoms. The van der Waals surface area contributed by atoms with E-state index < -0.39 is 59.0 Å². The van der Waals surface area contributed by atoms with Gasteiger partial charge in [0.25, 0.3) is 11.8 Å². The number of nitrogens with zero attached hydrogens (tertiary/aromatic N) is 2. The summed E-state index contributed by atoms with van der Waals surface area (Å²) in [6.07, 6.45) is 0.789. The van der Waals surface area contributed by atoms with Crippen molar-refractivity contribution in [3.63, 3.8) is 0 Å². The van der Waals surface area contributed by atoms with Crippen LogP contribution >= 0.6 is 0 Å². The van der Waals surface area contributed by atoms with E-state index in [1.165, 1.54) is 91.0 Å². The largest absolute Gasteiger partial charge is 0.478 e. The average Bonchev–Trinajstić information content (AvgIpc) is 4.24. The van der Waals surface area contributed by atoms with E-state index in [0.29, 0.717) is 37.2 Å². The molecule has 2 unspecified atom stereocenters. The second kappa shape index (κ2) is 25.6. The zero-order valence-corrected chi connectivity index (χ0v) is 45.8. The first-order valence-electron chi connectivity index (χ1n) is 26.5. The number of amides is 2. The van der Waals surface area contributed by atoms with Gasteiger partial charge in [0.2, 0.25) is 0 Å². The highest BCUT2D eigenvalue weighted by molar-refractivity contribution is 6.02. The third kappa shape index (κ3) is 14.5. The molecular formula is C63H58N2O18. The van der Waals surface area contributed by atoms with E-state index in [4.69, 9.17) is 33.5 Å². The zero-order valence-electron chi connectivity index (χ0n) is 45.8. The Morgan fingerprint density at radius 2 is 0.795 bits per heavy atom. The molecule has 428 valence electrons. The van der Waals surface area contributed by atoms with Gasteiger partial charge >= 0.3 is 47.8 Å². The molecule has 2 N–H and O–H groups in total. The highest BCUT2D eigenvalue weighted by Gasteiger charge is 2.33. The number of carbonyl (C=O) groups excluding carboxylic acids is 8. The molecule has 0 spiro atoms. The van der Waals surface area contributed by atoms with Crippen molar-refractivity contribution in [1.29, 1.82) is 0 Å². The van der Waals surface area contributed by atoms with Crippen LogP contribution in [0.3, 0.4) is 0 Å². The van der Waals surface area contributed by atoms with Gasteiger partial charge in [-0.3, -0.25) is 9.59 Å². The van der Waals surface area contributed by atoms with E-state index in [1.54, 1.807) is 55.7 Å². The van der Waals surface area contributed by atoms with E-state index in [-0.39, 0.29) is 102 Å². The zero-order chi connectivity index (χ0) is 59.6. The number of carboxylic acid groups (broad SMARTS) is 2. The summed E-state index contributed by atoms with van der Waals surface area (Å²) >= 11 is 0. The molecule has 2 aliphatic rings. The van der Waals surface area contributed by atoms with Gasteiger partial charge in [0.1, 0.15) is 31.0 Å². The van der Waals surface area contributed by atoms with Crippen molar-refractivity contribution in [3.05, 3.63) is 211 Å². The lowest BCUT2D eigenvalue weighted by Gasteiger charge is -2.28. The van der Waals surface area contributed by atoms with E-state index >= 15 is 0 Å². The van der Waals surface area contributed by atoms with Crippen molar-refractivity contribution in [2.24, 2.45) is 0 Å². The summed E-state index contributed by atoms with van der Waals surface area (Å²) in [5.41, 5.74) is 2.45. The van der Waals surface area contributed by atoms with Gasteiger partial charge in [-0.1, -0.05) is 50.2 Å². The lowest BCUT2D eigenvalue weighted by atomic mass is 9.99. The van der Waals surface area contributed by atoms with Crippen LogP contribution in [0.4, 0.5) is 0 Å². The van der Waals surface area contributed by atoms with E-state index in [0.717, 1.165) is 22.3 Å². The molecular weight excluding hydrogens is 1070 g/mol. The van der Waals surface area contributed by atoms with Gasteiger partial charge in [0.15, 0.2) is 0 Å². The minimum absolute atomic E-state index is 0.00710. The second-order valence-corrected chi connectivity index (χ2v) is 20.3. The standard InChI is InChI=1S/C63H58N2O18/c1-5-62(3,26-27-78-56(72)41-14-20-45(21-15-41)61(77)83-63(4,6-2)37-81-58(74)43-12-10-40(11-13-43)54(68)69)82-60(76)44-18-16-42(17-19-44)57(73)79-28-29-80-59(75)47-23-25-49-36-65(53(67)51(49)32-47)34-39-9-7-8-38(30-39)33-64-35-48-24-22-46(55(70)71)31-50(48)52(64)66/h7-25,30-32H,5-6,26-29,33-37H2,1-4H3,(H,68,69)(H,70,71). The Kier molecular flexibility index (Phi) is 18.3. The SMILES string of the molecule is CCC(C)(CCOC(=O)c1ccc(C(=O)OC(C)(CC)COC(=O)c2ccc(C(=O)O)cc2)cc1)OC(=O)c1ccc(C(=O)OCCOC(=O)c2ccc3c(c2)C(=O)N(Cc2cccc(CN4Cc5ccc(C(=O)O)cc5C4=O)c2)C3)cc1. The number of carbonyl (C=O) groups is 10. The van der Waals surface area contributed by atoms with Crippen molar-refractivity contribution in [1.82, 2.24) is 9.80 Å². The molecule has 20 heteroatoms. The van der Waals surface area contributed by atoms with Crippen LogP contribution in [0, 0.1) is 0 Å². The number of hydrogen-bond donors (Lipinski definition) is 2. The summed E-state index contributed by atoms with van der Waals surface area (Å²) in [4.78, 5) is 130. The van der Waals surface area contributed by atoms with Crippen LogP contribution in [0.25, 0.3) is 0 Å². The normalized spacial score (nSPS) is 13.8. The fourth-order valence-electron chi connectivity index (χ4n) is 8.99. The van der Waals surface area contributed by atoms with Crippen molar-refractivity contribution in [2.75, 3.05) is 26.4 Å². The molecule has 0 bridgehead atoms. The first-order chi connectivity index (χ1) is 39.6. The second-order valence-electron chi connectivity index (χ2n) is 20.3. The van der Waals surface area contributed by atoms with Crippen LogP contribution in [-0.2, 0) is 54.6 Å². The van der Waals surface area contributed by atoms with Crippen LogP contribution in [0.2, 0.25) is 0 Å². The lowest BCUT2D eigenvalue weighted by Crippen LogP contribution is -2.37. The Morgan fingerprint density at radius 1 is 0.434 bits per heavy atom. The minimum Gasteiger partial charge on any atom is -0.478 e. The van der Waals surface area contributed by atoms with Crippen LogP contribution in [0.15, 0.2) is 133 Å². The average molecular weight is 1130 g/mol. The lowest BCUT2D eigenvalue weighted by molar-refractivity contribution is -0.0477. The molecule has 0 saturated heterocycles. The number of benzene rings is 6. The Labute approximate surface area is 476 Å². The van der Waals surface area contributed by atoms with Crippen LogP contribution < -0.4 is 0 Å². The Bertz CT molecular complexity index is 3520. The van der Waals surface area contributed by atoms with Crippen molar-refractivity contribution in [2.45, 2.75) is 84.3 Å². The van der Waals surface area contributed by atoms with Gasteiger partial charge in [-0.05, 0) is 146 Å². The summed E-state index contributed by atoms with van der Waals surface area (Å²) in [6, 6.07) is 33.1. The predicted octanol–water partition coefficient (Wildman–Crippen LogP) is 9.16. The van der Waals surface area contributed by atoms with Gasteiger partial charge in [-0.25, -0.2) is 38.4 Å². The third-order valence-electron chi connectivity index (χ3n) is 14.4. The number of carboxylic acids is 2. The molecule has 6 aromatic carbocycles. The summed E-state index contributed by atoms with van der Waals surface area (Å²) in [5.74, 6) is -7.07. The smallest absolute Gasteiger partial charge is 0.338 e. The molecule has 2 heterocycles. The molecule has 0 aliphatic carbocycles. The summed E-state index contributed by atoms with van der Waals surface area (Å²) in [5, 5.41) is 18.4. The highest BCUT2D eigenvalue weighted by atomic mass is 16.6. The first-order valence-corrected chi connectivity index (χ1v) is 26.5. The van der Waals surface area contributed by atoms with Gasteiger partial charge < -0.3 is 48.4 Å². The molecule has 20 nitrogen and oxygen atoms in total. The quantitative estimate of drug-likeness (QED) is 0.0325. The molecule has 6 aromatic rings. The van der Waals surface area contributed by atoms with Gasteiger partial charge in [-0.15, -0.1) is 0 Å². The van der Waals surface area contributed by atoms with Gasteiger partial charge in [0, 0.05) is 43.7 Å². The van der Waals surface area contributed by atoms with Gasteiger partial charge in [-0.2, -0.15) is 0 Å². The summed E-state index contributed by atoms with van der Waals surface area (Å²) < 4.78 is 33.0. The molecule has 2 amide bonds. The van der Waals surface area contributed by atoms with Crippen molar-refractivity contribution in [3.8, 4) is 0 Å². The maximum absolute atomic E-state index is 13.5.